The van der Waals surface area contributed by atoms with Crippen LogP contribution in [0.15, 0.2) is 42.5 Å². The Hall–Kier alpha value is -2.97. The number of carbonyl (C=O) groups is 2. The van der Waals surface area contributed by atoms with Gasteiger partial charge in [-0.1, -0.05) is 12.1 Å². The largest absolute Gasteiger partial charge is 0.389 e. The fourth-order valence-corrected chi connectivity index (χ4v) is 3.59. The number of nitrogens with zero attached hydrogens (tertiary/aromatic N) is 2. The van der Waals surface area contributed by atoms with Gasteiger partial charge in [0, 0.05) is 25.3 Å². The number of nitrogens with one attached hydrogen (secondary N) is 1. The first-order valence-electron chi connectivity index (χ1n) is 9.54. The molecule has 29 heavy (non-hydrogen) atoms. The number of imide groups is 1. The lowest BCUT2D eigenvalue weighted by atomic mass is 10.1. The van der Waals surface area contributed by atoms with Gasteiger partial charge in [-0.3, -0.25) is 14.5 Å². The minimum atomic E-state index is -0.987. The lowest BCUT2D eigenvalue weighted by molar-refractivity contribution is 0.0558. The minimum absolute atomic E-state index is 0.0732. The van der Waals surface area contributed by atoms with Crippen LogP contribution >= 0.6 is 0 Å². The fraction of sp³-hybridized carbons (Fsp3) is 0.333. The van der Waals surface area contributed by atoms with Crippen LogP contribution < -0.4 is 10.2 Å². The monoisotopic (exact) mass is 399 g/mol. The van der Waals surface area contributed by atoms with Gasteiger partial charge in [0.1, 0.15) is 5.82 Å². The van der Waals surface area contributed by atoms with Crippen LogP contribution in [0.25, 0.3) is 0 Å². The van der Waals surface area contributed by atoms with Gasteiger partial charge in [-0.15, -0.1) is 0 Å². The highest BCUT2D eigenvalue weighted by molar-refractivity contribution is 6.21. The molecule has 0 saturated carbocycles. The topological polar surface area (TPSA) is 82.1 Å². The van der Waals surface area contributed by atoms with E-state index >= 15 is 0 Å². The van der Waals surface area contributed by atoms with E-state index in [1.165, 1.54) is 6.07 Å². The van der Waals surface area contributed by atoms with Crippen molar-refractivity contribution < 1.29 is 23.8 Å². The van der Waals surface area contributed by atoms with Gasteiger partial charge in [-0.05, 0) is 30.3 Å². The summed E-state index contributed by atoms with van der Waals surface area (Å²) in [5.41, 5.74) is 1.73. The molecule has 2 aromatic carbocycles. The molecule has 1 saturated heterocycles. The third kappa shape index (κ3) is 3.94. The van der Waals surface area contributed by atoms with Crippen molar-refractivity contribution in [2.24, 2.45) is 0 Å². The molecule has 8 heteroatoms. The van der Waals surface area contributed by atoms with Crippen molar-refractivity contribution >= 4 is 23.2 Å². The second kappa shape index (κ2) is 8.18. The van der Waals surface area contributed by atoms with Crippen LogP contribution in [0.5, 0.6) is 0 Å². The van der Waals surface area contributed by atoms with Crippen molar-refractivity contribution in [3.05, 3.63) is 59.4 Å². The van der Waals surface area contributed by atoms with E-state index in [4.69, 9.17) is 4.74 Å². The Morgan fingerprint density at radius 1 is 1.07 bits per heavy atom. The van der Waals surface area contributed by atoms with Crippen LogP contribution in [0, 0.1) is 5.82 Å². The van der Waals surface area contributed by atoms with Gasteiger partial charge in [0.2, 0.25) is 0 Å². The third-order valence-corrected chi connectivity index (χ3v) is 5.11. The average molecular weight is 399 g/mol. The molecule has 0 bridgehead atoms. The molecule has 7 nitrogen and oxygen atoms in total. The number of aliphatic hydroxyl groups is 1. The first-order valence-corrected chi connectivity index (χ1v) is 9.54. The highest BCUT2D eigenvalue weighted by atomic mass is 19.1. The highest BCUT2D eigenvalue weighted by Crippen LogP contribution is 2.25. The molecule has 2 aliphatic rings. The second-order valence-electron chi connectivity index (χ2n) is 7.07. The standard InChI is InChI=1S/C21H22FN3O4/c22-18-11-14(5-6-19(18)24-7-9-29-10-8-24)23-12-15(26)13-25-20(27)16-3-1-2-4-17(16)21(25)28/h1-6,11,15,23,26H,7-10,12-13H2. The lowest BCUT2D eigenvalue weighted by Gasteiger charge is -2.29. The zero-order valence-corrected chi connectivity index (χ0v) is 15.8. The van der Waals surface area contributed by atoms with E-state index in [9.17, 15) is 19.1 Å². The number of anilines is 2. The SMILES string of the molecule is O=C1c2ccccc2C(=O)N1CC(O)CNc1ccc(N2CCOCC2)c(F)c1. The highest BCUT2D eigenvalue weighted by Gasteiger charge is 2.36. The van der Waals surface area contributed by atoms with Crippen LogP contribution in [0.1, 0.15) is 20.7 Å². The number of hydrogen-bond acceptors (Lipinski definition) is 6. The zero-order chi connectivity index (χ0) is 20.4. The van der Waals surface area contributed by atoms with Crippen LogP contribution in [-0.2, 0) is 4.74 Å². The number of benzene rings is 2. The molecule has 0 aliphatic carbocycles. The summed E-state index contributed by atoms with van der Waals surface area (Å²) >= 11 is 0. The molecule has 0 spiro atoms. The molecule has 2 N–H and O–H groups in total. The number of aliphatic hydroxyl groups excluding tert-OH is 1. The molecule has 1 atom stereocenters. The number of hydrogen-bond donors (Lipinski definition) is 2. The Balaban J connectivity index is 1.34. The summed E-state index contributed by atoms with van der Waals surface area (Å²) < 4.78 is 19.7. The Morgan fingerprint density at radius 2 is 1.72 bits per heavy atom. The van der Waals surface area contributed by atoms with Gasteiger partial charge < -0.3 is 20.1 Å². The number of amides is 2. The van der Waals surface area contributed by atoms with Crippen molar-refractivity contribution in [1.82, 2.24) is 4.90 Å². The van der Waals surface area contributed by atoms with Crippen LogP contribution in [0.4, 0.5) is 15.8 Å². The van der Waals surface area contributed by atoms with Crippen LogP contribution in [-0.4, -0.2) is 67.3 Å². The van der Waals surface area contributed by atoms with Crippen LogP contribution in [0.2, 0.25) is 0 Å². The zero-order valence-electron chi connectivity index (χ0n) is 15.8. The Bertz CT molecular complexity index is 895. The third-order valence-electron chi connectivity index (χ3n) is 5.11. The molecule has 0 radical (unpaired) electrons. The van der Waals surface area contributed by atoms with E-state index in [1.807, 2.05) is 4.90 Å². The van der Waals surface area contributed by atoms with E-state index in [-0.39, 0.29) is 18.9 Å². The Kier molecular flexibility index (Phi) is 5.46. The summed E-state index contributed by atoms with van der Waals surface area (Å²) in [6, 6.07) is 11.4. The van der Waals surface area contributed by atoms with E-state index in [0.717, 1.165) is 4.90 Å². The number of ether oxygens (including phenoxy) is 1. The number of rotatable bonds is 6. The first kappa shape index (κ1) is 19.4. The maximum absolute atomic E-state index is 14.5. The van der Waals surface area contributed by atoms with Crippen LogP contribution in [0.3, 0.4) is 0 Å². The van der Waals surface area contributed by atoms with Gasteiger partial charge >= 0.3 is 0 Å². The summed E-state index contributed by atoms with van der Waals surface area (Å²) in [6.07, 6.45) is -0.987. The number of β-amino-alcohol motifs (C(OH)–C–C–N with tert-alkyl or cyclic N) is 1. The molecule has 2 heterocycles. The second-order valence-corrected chi connectivity index (χ2v) is 7.07. The first-order chi connectivity index (χ1) is 14.0. The van der Waals surface area contributed by atoms with Gasteiger partial charge in [0.25, 0.3) is 11.8 Å². The van der Waals surface area contributed by atoms with Crippen molar-refractivity contribution in [3.63, 3.8) is 0 Å². The summed E-state index contributed by atoms with van der Waals surface area (Å²) in [5, 5.41) is 13.2. The molecule has 0 aromatic heterocycles. The van der Waals surface area contributed by atoms with Gasteiger partial charge in [-0.2, -0.15) is 0 Å². The number of morpholine rings is 1. The van der Waals surface area contributed by atoms with Crippen molar-refractivity contribution in [3.8, 4) is 0 Å². The lowest BCUT2D eigenvalue weighted by Crippen LogP contribution is -2.39. The number of halogens is 1. The predicted octanol–water partition coefficient (Wildman–Crippen LogP) is 1.73. The summed E-state index contributed by atoms with van der Waals surface area (Å²) in [5.74, 6) is -1.18. The van der Waals surface area contributed by atoms with Gasteiger partial charge in [0.15, 0.2) is 0 Å². The van der Waals surface area contributed by atoms with Gasteiger partial charge in [-0.25, -0.2) is 4.39 Å². The maximum atomic E-state index is 14.5. The molecule has 2 aliphatic heterocycles. The molecular weight excluding hydrogens is 377 g/mol. The molecule has 1 fully saturated rings. The minimum Gasteiger partial charge on any atom is -0.389 e. The molecule has 4 rings (SSSR count). The van der Waals surface area contributed by atoms with Gasteiger partial charge in [0.05, 0.1) is 42.7 Å². The van der Waals surface area contributed by atoms with Crippen molar-refractivity contribution in [2.45, 2.75) is 6.10 Å². The van der Waals surface area contributed by atoms with E-state index in [0.29, 0.717) is 48.8 Å². The Morgan fingerprint density at radius 3 is 2.34 bits per heavy atom. The molecule has 2 aromatic rings. The molecule has 152 valence electrons. The van der Waals surface area contributed by atoms with Crippen molar-refractivity contribution in [2.75, 3.05) is 49.6 Å². The fourth-order valence-electron chi connectivity index (χ4n) is 3.59. The van der Waals surface area contributed by atoms with E-state index < -0.39 is 17.9 Å². The molecule has 1 unspecified atom stereocenters. The summed E-state index contributed by atoms with van der Waals surface area (Å²) in [6.45, 7) is 2.37. The quantitative estimate of drug-likeness (QED) is 0.720. The smallest absolute Gasteiger partial charge is 0.261 e. The normalized spacial score (nSPS) is 17.4. The van der Waals surface area contributed by atoms with E-state index in [2.05, 4.69) is 5.32 Å². The maximum Gasteiger partial charge on any atom is 0.261 e. The predicted molar refractivity (Wildman–Crippen MR) is 106 cm³/mol. The summed E-state index contributed by atoms with van der Waals surface area (Å²) in [7, 11) is 0. The number of carbonyl (C=O) groups excluding carboxylic acids is 2. The summed E-state index contributed by atoms with van der Waals surface area (Å²) in [4.78, 5) is 27.7. The molecule has 2 amide bonds. The Labute approximate surface area is 167 Å². The average Bonchev–Trinajstić information content (AvgIpc) is 2.98. The molecular formula is C21H22FN3O4. The van der Waals surface area contributed by atoms with E-state index in [1.54, 1.807) is 36.4 Å². The van der Waals surface area contributed by atoms with Crippen molar-refractivity contribution in [1.29, 1.82) is 0 Å². The number of fused-ring (bicyclic) bond motifs is 1.